The second kappa shape index (κ2) is 8.88. The number of carboxylic acid groups (broad SMARTS) is 1. The molecular formula is C24H26FNO4. The number of hydrogen-bond acceptors (Lipinski definition) is 4. The number of piperidine rings is 1. The lowest BCUT2D eigenvalue weighted by Gasteiger charge is -2.38. The summed E-state index contributed by atoms with van der Waals surface area (Å²) in [6, 6.07) is 12.6. The van der Waals surface area contributed by atoms with Gasteiger partial charge in [-0.1, -0.05) is 30.3 Å². The van der Waals surface area contributed by atoms with Crippen LogP contribution < -0.4 is 9.47 Å². The second-order valence-electron chi connectivity index (χ2n) is 7.95. The van der Waals surface area contributed by atoms with E-state index < -0.39 is 5.97 Å². The monoisotopic (exact) mass is 411 g/mol. The van der Waals surface area contributed by atoms with E-state index >= 15 is 0 Å². The van der Waals surface area contributed by atoms with Crippen LogP contribution in [0.4, 0.5) is 4.39 Å². The molecule has 2 heterocycles. The zero-order valence-corrected chi connectivity index (χ0v) is 16.9. The number of ether oxygens (including phenoxy) is 2. The van der Waals surface area contributed by atoms with Gasteiger partial charge in [0.05, 0.1) is 13.0 Å². The molecule has 2 aliphatic rings. The smallest absolute Gasteiger partial charge is 0.304 e. The lowest BCUT2D eigenvalue weighted by atomic mass is 9.74. The van der Waals surface area contributed by atoms with E-state index in [-0.39, 0.29) is 17.7 Å². The summed E-state index contributed by atoms with van der Waals surface area (Å²) < 4.78 is 25.4. The third-order valence-electron chi connectivity index (χ3n) is 6.03. The van der Waals surface area contributed by atoms with Crippen LogP contribution in [-0.4, -0.2) is 48.8 Å². The number of fused-ring (bicyclic) bond motifs is 2. The molecule has 158 valence electrons. The van der Waals surface area contributed by atoms with Gasteiger partial charge in [0, 0.05) is 29.2 Å². The zero-order valence-electron chi connectivity index (χ0n) is 16.9. The molecule has 5 nitrogen and oxygen atoms in total. The maximum atomic E-state index is 13.6. The van der Waals surface area contributed by atoms with E-state index in [0.717, 1.165) is 37.4 Å². The first kappa shape index (κ1) is 20.4. The fourth-order valence-corrected chi connectivity index (χ4v) is 4.25. The number of likely N-dealkylation sites (tertiary alicyclic amines) is 1. The van der Waals surface area contributed by atoms with E-state index in [1.54, 1.807) is 30.4 Å². The van der Waals surface area contributed by atoms with Gasteiger partial charge in [0.1, 0.15) is 23.9 Å². The van der Waals surface area contributed by atoms with Crippen LogP contribution in [0.15, 0.2) is 48.5 Å². The second-order valence-corrected chi connectivity index (χ2v) is 7.95. The van der Waals surface area contributed by atoms with Crippen molar-refractivity contribution in [1.82, 2.24) is 4.90 Å². The number of carbonyl (C=O) groups is 1. The standard InChI is InChI=1S/C24H26FNO4/c25-21-6-2-1-4-18(21)5-3-15-29-19-7-8-20-22(16-19)30-17-24(20)10-13-26(14-11-24)12-9-23(27)28/h1-8,16H,9-15,17H2,(H,27,28)/b5-3+. The molecule has 0 aromatic heterocycles. The molecular weight excluding hydrogens is 385 g/mol. The van der Waals surface area contributed by atoms with Crippen molar-refractivity contribution in [3.63, 3.8) is 0 Å². The first-order valence-corrected chi connectivity index (χ1v) is 10.3. The van der Waals surface area contributed by atoms with E-state index in [1.807, 2.05) is 12.1 Å². The minimum absolute atomic E-state index is 0.0122. The van der Waals surface area contributed by atoms with Crippen molar-refractivity contribution in [3.8, 4) is 11.5 Å². The minimum Gasteiger partial charge on any atom is -0.492 e. The topological polar surface area (TPSA) is 59.0 Å². The molecule has 1 spiro atoms. The summed E-state index contributed by atoms with van der Waals surface area (Å²) in [6.07, 6.45) is 5.62. The van der Waals surface area contributed by atoms with Crippen LogP contribution in [0.25, 0.3) is 6.08 Å². The molecule has 2 aromatic rings. The number of carboxylic acids is 1. The molecule has 2 aliphatic heterocycles. The molecule has 0 amide bonds. The molecule has 1 fully saturated rings. The van der Waals surface area contributed by atoms with Crippen LogP contribution in [0, 0.1) is 5.82 Å². The number of halogens is 1. The van der Waals surface area contributed by atoms with Crippen molar-refractivity contribution < 1.29 is 23.8 Å². The van der Waals surface area contributed by atoms with Gasteiger partial charge < -0.3 is 19.5 Å². The first-order valence-electron chi connectivity index (χ1n) is 10.3. The first-order chi connectivity index (χ1) is 14.6. The van der Waals surface area contributed by atoms with Crippen molar-refractivity contribution in [2.24, 2.45) is 0 Å². The van der Waals surface area contributed by atoms with Crippen molar-refractivity contribution in [2.45, 2.75) is 24.7 Å². The van der Waals surface area contributed by atoms with Crippen LogP contribution in [0.1, 0.15) is 30.4 Å². The number of benzene rings is 2. The Hall–Kier alpha value is -2.86. The normalized spacial score (nSPS) is 17.8. The molecule has 1 saturated heterocycles. The molecule has 4 rings (SSSR count). The SMILES string of the molecule is O=C(O)CCN1CCC2(CC1)COc1cc(OC/C=C/c3ccccc3F)ccc12. The number of nitrogens with zero attached hydrogens (tertiary/aromatic N) is 1. The molecule has 0 saturated carbocycles. The van der Waals surface area contributed by atoms with Crippen LogP contribution in [-0.2, 0) is 10.2 Å². The van der Waals surface area contributed by atoms with Gasteiger partial charge in [0.25, 0.3) is 0 Å². The highest BCUT2D eigenvalue weighted by Gasteiger charge is 2.43. The molecule has 0 bridgehead atoms. The van der Waals surface area contributed by atoms with Gasteiger partial charge in [-0.05, 0) is 44.1 Å². The van der Waals surface area contributed by atoms with E-state index in [2.05, 4.69) is 11.0 Å². The molecule has 0 unspecified atom stereocenters. The highest BCUT2D eigenvalue weighted by Crippen LogP contribution is 2.46. The Morgan fingerprint density at radius 3 is 2.80 bits per heavy atom. The van der Waals surface area contributed by atoms with Crippen molar-refractivity contribution in [1.29, 1.82) is 0 Å². The van der Waals surface area contributed by atoms with E-state index in [1.165, 1.54) is 11.6 Å². The molecule has 0 radical (unpaired) electrons. The number of aliphatic carboxylic acids is 1. The molecule has 0 atom stereocenters. The maximum absolute atomic E-state index is 13.6. The summed E-state index contributed by atoms with van der Waals surface area (Å²) in [6.45, 7) is 3.37. The van der Waals surface area contributed by atoms with Crippen LogP contribution in [0.3, 0.4) is 0 Å². The Morgan fingerprint density at radius 2 is 2.03 bits per heavy atom. The summed E-state index contributed by atoms with van der Waals surface area (Å²) >= 11 is 0. The van der Waals surface area contributed by atoms with Gasteiger partial charge in [0.2, 0.25) is 0 Å². The Labute approximate surface area is 175 Å². The third kappa shape index (κ3) is 4.49. The summed E-state index contributed by atoms with van der Waals surface area (Å²) in [4.78, 5) is 13.0. The van der Waals surface area contributed by atoms with Crippen molar-refractivity contribution in [2.75, 3.05) is 32.8 Å². The van der Waals surface area contributed by atoms with E-state index in [0.29, 0.717) is 25.3 Å². The Bertz CT molecular complexity index is 935. The fourth-order valence-electron chi connectivity index (χ4n) is 4.25. The van der Waals surface area contributed by atoms with Gasteiger partial charge >= 0.3 is 5.97 Å². The molecule has 2 aromatic carbocycles. The number of hydrogen-bond donors (Lipinski definition) is 1. The predicted molar refractivity (Wildman–Crippen MR) is 112 cm³/mol. The van der Waals surface area contributed by atoms with Gasteiger partial charge in [-0.15, -0.1) is 0 Å². The number of rotatable bonds is 7. The summed E-state index contributed by atoms with van der Waals surface area (Å²) in [7, 11) is 0. The van der Waals surface area contributed by atoms with Gasteiger partial charge in [0.15, 0.2) is 0 Å². The quantitative estimate of drug-likeness (QED) is 0.743. The van der Waals surface area contributed by atoms with Gasteiger partial charge in [-0.2, -0.15) is 0 Å². The van der Waals surface area contributed by atoms with E-state index in [9.17, 15) is 9.18 Å². The Balaban J connectivity index is 1.34. The molecule has 6 heteroatoms. The lowest BCUT2D eigenvalue weighted by Crippen LogP contribution is -2.44. The summed E-state index contributed by atoms with van der Waals surface area (Å²) in [5, 5.41) is 8.87. The van der Waals surface area contributed by atoms with Gasteiger partial charge in [-0.3, -0.25) is 4.79 Å². The highest BCUT2D eigenvalue weighted by molar-refractivity contribution is 5.66. The molecule has 0 aliphatic carbocycles. The van der Waals surface area contributed by atoms with Crippen molar-refractivity contribution >= 4 is 12.0 Å². The lowest BCUT2D eigenvalue weighted by molar-refractivity contribution is -0.137. The third-order valence-corrected chi connectivity index (χ3v) is 6.03. The Kier molecular flexibility index (Phi) is 6.04. The average Bonchev–Trinajstić information content (AvgIpc) is 3.09. The maximum Gasteiger partial charge on any atom is 0.304 e. The van der Waals surface area contributed by atoms with Crippen LogP contribution >= 0.6 is 0 Å². The summed E-state index contributed by atoms with van der Waals surface area (Å²) in [5.74, 6) is 0.590. The van der Waals surface area contributed by atoms with E-state index in [4.69, 9.17) is 14.6 Å². The average molecular weight is 411 g/mol. The predicted octanol–water partition coefficient (Wildman–Crippen LogP) is 4.12. The fraction of sp³-hybridized carbons (Fsp3) is 0.375. The summed E-state index contributed by atoms with van der Waals surface area (Å²) in [5.41, 5.74) is 1.77. The zero-order chi connectivity index (χ0) is 21.0. The van der Waals surface area contributed by atoms with Crippen LogP contribution in [0.5, 0.6) is 11.5 Å². The highest BCUT2D eigenvalue weighted by atomic mass is 19.1. The Morgan fingerprint density at radius 1 is 1.23 bits per heavy atom. The minimum atomic E-state index is -0.749. The van der Waals surface area contributed by atoms with Crippen molar-refractivity contribution in [3.05, 3.63) is 65.5 Å². The largest absolute Gasteiger partial charge is 0.492 e. The van der Waals surface area contributed by atoms with Crippen LogP contribution in [0.2, 0.25) is 0 Å². The van der Waals surface area contributed by atoms with Gasteiger partial charge in [-0.25, -0.2) is 4.39 Å². The molecule has 30 heavy (non-hydrogen) atoms. The molecule has 1 N–H and O–H groups in total.